The van der Waals surface area contributed by atoms with E-state index >= 15 is 0 Å². The SMILES string of the molecule is CC1(C)c2ccc(-c3ccc(-c4c5ccccc5c(-c5ccc6sc7ccccc7c6c5)c5ccccc45)cc3)cc2-c2c1c1ccccc1c1ccccc21.CC1(C)c2ccc(-c3ccc(-c4c5ccccc5c(-c5ccccc5-c5ccc6oc7ccccc7c6c5)c5ccccc45)cc3)cc2-c2c1c1ccccc1c1ccccc21. The number of thiophene rings is 1. The summed E-state index contributed by atoms with van der Waals surface area (Å²) in [5.41, 5.74) is 30.1. The zero-order chi connectivity index (χ0) is 78.2. The van der Waals surface area contributed by atoms with Crippen LogP contribution in [0.5, 0.6) is 0 Å². The number of para-hydroxylation sites is 1. The Kier molecular flexibility index (Phi) is 15.1. The molecule has 1 nitrogen and oxygen atoms in total. The molecule has 0 bridgehead atoms. The summed E-state index contributed by atoms with van der Waals surface area (Å²) in [5.74, 6) is 0. The van der Waals surface area contributed by atoms with Gasteiger partial charge in [0.25, 0.3) is 0 Å². The summed E-state index contributed by atoms with van der Waals surface area (Å²) >= 11 is 1.88. The summed E-state index contributed by atoms with van der Waals surface area (Å²) in [6.07, 6.45) is 0. The fraction of sp³-hybridized carbons (Fsp3) is 0.0517. The van der Waals surface area contributed by atoms with Crippen LogP contribution in [0.4, 0.5) is 0 Å². The first-order chi connectivity index (χ1) is 58.1. The van der Waals surface area contributed by atoms with Gasteiger partial charge in [0.15, 0.2) is 0 Å². The Hall–Kier alpha value is -14.3. The van der Waals surface area contributed by atoms with E-state index in [2.05, 4.69) is 404 Å². The standard InChI is InChI=1S/C61H40O.C55H36S/c1-61(2)54-33-31-39(35-53(54)59-46-20-7-4-16-42(46)43-17-5-12-25-51(43)60(59)61)37-27-29-38(30-28-37)57-47-21-8-10-23-49(47)58(50-24-11-9-22-48(50)57)45-19-6-3-15-41(45)40-32-34-56-52(36-40)44-18-13-14-26-55(44)62-56;1-55(2)48-29-27-35(31-47(48)53-40-16-5-3-13-37(40)38-14-4-10-21-45(38)54(53)55)33-23-25-34(26-24-33)51-41-17-6-8-19-43(41)52(44-20-9-7-18-42(44)51)36-28-30-50-46(32-36)39-15-11-12-22-49(39)56-50/h3-36H,1-2H3;3-32H,1-2H3. The molecule has 2 aromatic heterocycles. The van der Waals surface area contributed by atoms with E-state index in [0.29, 0.717) is 0 Å². The molecule has 0 radical (unpaired) electrons. The Bertz CT molecular complexity index is 8110. The predicted molar refractivity (Wildman–Crippen MR) is 506 cm³/mol. The number of fused-ring (bicyclic) bond motifs is 26. The highest BCUT2D eigenvalue weighted by Gasteiger charge is 2.41. The summed E-state index contributed by atoms with van der Waals surface area (Å²) < 4.78 is 8.89. The van der Waals surface area contributed by atoms with Gasteiger partial charge in [-0.25, -0.2) is 0 Å². The Morgan fingerprint density at radius 1 is 0.178 bits per heavy atom. The normalized spacial score (nSPS) is 13.2. The van der Waals surface area contributed by atoms with Gasteiger partial charge in [0, 0.05) is 41.8 Å². The van der Waals surface area contributed by atoms with Crippen LogP contribution in [0, 0.1) is 0 Å². The van der Waals surface area contributed by atoms with Crippen molar-refractivity contribution in [3.8, 4) is 100 Å². The van der Waals surface area contributed by atoms with Gasteiger partial charge in [0.05, 0.1) is 0 Å². The molecule has 0 saturated heterocycles. The number of rotatable bonds is 7. The summed E-state index contributed by atoms with van der Waals surface area (Å²) in [4.78, 5) is 0. The molecule has 0 unspecified atom stereocenters. The van der Waals surface area contributed by atoms with E-state index in [4.69, 9.17) is 4.42 Å². The highest BCUT2D eigenvalue weighted by atomic mass is 32.1. The summed E-state index contributed by atoms with van der Waals surface area (Å²) in [6, 6.07) is 144. The molecule has 2 heterocycles. The second-order valence-corrected chi connectivity index (χ2v) is 34.5. The lowest BCUT2D eigenvalue weighted by molar-refractivity contribution is 0.666. The van der Waals surface area contributed by atoms with Crippen molar-refractivity contribution in [1.82, 2.24) is 0 Å². The number of hydrogen-bond acceptors (Lipinski definition) is 2. The van der Waals surface area contributed by atoms with Crippen molar-refractivity contribution in [1.29, 1.82) is 0 Å². The second kappa shape index (κ2) is 26.1. The lowest BCUT2D eigenvalue weighted by atomic mass is 9.79. The highest BCUT2D eigenvalue weighted by molar-refractivity contribution is 7.25. The van der Waals surface area contributed by atoms with Crippen molar-refractivity contribution < 1.29 is 4.42 Å². The first-order valence-corrected chi connectivity index (χ1v) is 42.1. The van der Waals surface area contributed by atoms with Gasteiger partial charge >= 0.3 is 0 Å². The van der Waals surface area contributed by atoms with E-state index < -0.39 is 0 Å². The molecule has 21 aromatic carbocycles. The molecule has 2 aliphatic rings. The largest absolute Gasteiger partial charge is 0.456 e. The quantitative estimate of drug-likeness (QED) is 0.114. The van der Waals surface area contributed by atoms with E-state index in [1.807, 2.05) is 23.5 Å². The maximum atomic E-state index is 6.23. The lowest BCUT2D eigenvalue weighted by Crippen LogP contribution is -2.15. The van der Waals surface area contributed by atoms with E-state index in [0.717, 1.165) is 21.9 Å². The molecule has 0 spiro atoms. The van der Waals surface area contributed by atoms with Crippen LogP contribution in [-0.2, 0) is 10.8 Å². The van der Waals surface area contributed by atoms with Crippen LogP contribution >= 0.6 is 11.3 Å². The van der Waals surface area contributed by atoms with Crippen molar-refractivity contribution in [3.63, 3.8) is 0 Å². The van der Waals surface area contributed by atoms with Gasteiger partial charge in [-0.3, -0.25) is 0 Å². The molecule has 0 N–H and O–H groups in total. The molecule has 552 valence electrons. The van der Waals surface area contributed by atoms with E-state index in [-0.39, 0.29) is 10.8 Å². The van der Waals surface area contributed by atoms with Gasteiger partial charge in [-0.05, 0) is 257 Å². The Morgan fingerprint density at radius 3 is 0.949 bits per heavy atom. The molecule has 0 saturated carbocycles. The van der Waals surface area contributed by atoms with Gasteiger partial charge in [-0.2, -0.15) is 0 Å². The third kappa shape index (κ3) is 10.2. The molecular formula is C116H76OS. The minimum atomic E-state index is -0.117. The molecule has 0 fully saturated rings. The third-order valence-electron chi connectivity index (χ3n) is 26.5. The first kappa shape index (κ1) is 68.2. The molecule has 23 aromatic rings. The average molecular weight is 1520 g/mol. The monoisotopic (exact) mass is 1520 g/mol. The molecule has 118 heavy (non-hydrogen) atoms. The Labute approximate surface area is 688 Å². The van der Waals surface area contributed by atoms with Crippen LogP contribution in [0.15, 0.2) is 393 Å². The fourth-order valence-electron chi connectivity index (χ4n) is 21.2. The minimum absolute atomic E-state index is 0.103. The van der Waals surface area contributed by atoms with Crippen LogP contribution in [0.2, 0.25) is 0 Å². The molecule has 0 atom stereocenters. The summed E-state index contributed by atoms with van der Waals surface area (Å²) in [5, 5.41) is 25.7. The van der Waals surface area contributed by atoms with E-state index in [1.54, 1.807) is 0 Å². The number of hydrogen-bond donors (Lipinski definition) is 0. The van der Waals surface area contributed by atoms with Crippen molar-refractivity contribution in [2.75, 3.05) is 0 Å². The summed E-state index contributed by atoms with van der Waals surface area (Å²) in [6.45, 7) is 9.59. The summed E-state index contributed by atoms with van der Waals surface area (Å²) in [7, 11) is 0. The lowest BCUT2D eigenvalue weighted by Gasteiger charge is -2.24. The first-order valence-electron chi connectivity index (χ1n) is 41.3. The van der Waals surface area contributed by atoms with Gasteiger partial charge in [-0.1, -0.05) is 367 Å². The maximum absolute atomic E-state index is 6.23. The van der Waals surface area contributed by atoms with Crippen LogP contribution in [0.3, 0.4) is 0 Å². The topological polar surface area (TPSA) is 13.1 Å². The van der Waals surface area contributed by atoms with Crippen molar-refractivity contribution in [2.24, 2.45) is 0 Å². The van der Waals surface area contributed by atoms with Crippen LogP contribution in [0.25, 0.3) is 228 Å². The predicted octanol–water partition coefficient (Wildman–Crippen LogP) is 33.1. The van der Waals surface area contributed by atoms with Crippen LogP contribution in [-0.4, -0.2) is 0 Å². The second-order valence-electron chi connectivity index (χ2n) is 33.5. The average Bonchev–Trinajstić information content (AvgIpc) is 1.55. The Balaban J connectivity index is 0.000000135. The van der Waals surface area contributed by atoms with Gasteiger partial charge < -0.3 is 4.42 Å². The van der Waals surface area contributed by atoms with Gasteiger partial charge in [0.2, 0.25) is 0 Å². The smallest absolute Gasteiger partial charge is 0.135 e. The number of benzene rings is 21. The molecular weight excluding hydrogens is 1440 g/mol. The Morgan fingerprint density at radius 2 is 0.483 bits per heavy atom. The highest BCUT2D eigenvalue weighted by Crippen LogP contribution is 2.59. The maximum Gasteiger partial charge on any atom is 0.135 e. The molecule has 2 heteroatoms. The van der Waals surface area contributed by atoms with Gasteiger partial charge in [-0.15, -0.1) is 11.3 Å². The zero-order valence-corrected chi connectivity index (χ0v) is 66.6. The number of furan rings is 1. The third-order valence-corrected chi connectivity index (χ3v) is 27.6. The van der Waals surface area contributed by atoms with Crippen molar-refractivity contribution >= 4 is 140 Å². The van der Waals surface area contributed by atoms with Crippen molar-refractivity contribution in [3.05, 3.63) is 411 Å². The van der Waals surface area contributed by atoms with Crippen LogP contribution in [0.1, 0.15) is 49.9 Å². The fourth-order valence-corrected chi connectivity index (χ4v) is 22.3. The zero-order valence-electron chi connectivity index (χ0n) is 65.8. The molecule has 0 aliphatic heterocycles. The van der Waals surface area contributed by atoms with Gasteiger partial charge in [0.1, 0.15) is 11.2 Å². The molecule has 25 rings (SSSR count). The van der Waals surface area contributed by atoms with Crippen molar-refractivity contribution in [2.45, 2.75) is 38.5 Å². The van der Waals surface area contributed by atoms with E-state index in [9.17, 15) is 0 Å². The van der Waals surface area contributed by atoms with Crippen LogP contribution < -0.4 is 0 Å². The molecule has 2 aliphatic carbocycles. The van der Waals surface area contributed by atoms with E-state index in [1.165, 1.54) is 229 Å². The molecule has 0 amide bonds. The minimum Gasteiger partial charge on any atom is -0.456 e.